The molecule has 1 N–H and O–H groups in total. The van der Waals surface area contributed by atoms with E-state index in [1.54, 1.807) is 11.8 Å². The van der Waals surface area contributed by atoms with Gasteiger partial charge in [-0.2, -0.15) is 0 Å². The molecule has 4 rings (SSSR count). The summed E-state index contributed by atoms with van der Waals surface area (Å²) in [6, 6.07) is 26.5. The van der Waals surface area contributed by atoms with Crippen molar-refractivity contribution in [3.63, 3.8) is 0 Å². The maximum atomic E-state index is 12.8. The Morgan fingerprint density at radius 2 is 1.63 bits per heavy atom. The lowest BCUT2D eigenvalue weighted by molar-refractivity contribution is 0.0949. The van der Waals surface area contributed by atoms with E-state index < -0.39 is 0 Å². The number of unbranched alkanes of at least 4 members (excludes halogenated alkanes) is 2. The van der Waals surface area contributed by atoms with Crippen molar-refractivity contribution in [2.75, 3.05) is 0 Å². The molecule has 6 heteroatoms. The van der Waals surface area contributed by atoms with Crippen molar-refractivity contribution in [1.29, 1.82) is 0 Å². The normalized spacial score (nSPS) is 10.9. The fourth-order valence-corrected chi connectivity index (χ4v) is 4.77. The number of benzene rings is 3. The highest BCUT2D eigenvalue weighted by atomic mass is 32.2. The summed E-state index contributed by atoms with van der Waals surface area (Å²) in [7, 11) is 0. The third-order valence-electron chi connectivity index (χ3n) is 5.90. The lowest BCUT2D eigenvalue weighted by Crippen LogP contribution is -2.24. The molecule has 0 saturated heterocycles. The number of nitrogens with zero attached hydrogens (tertiary/aromatic N) is 3. The fourth-order valence-electron chi connectivity index (χ4n) is 3.85. The molecule has 0 aliphatic rings. The number of aryl methyl sites for hydroxylation is 2. The van der Waals surface area contributed by atoms with Crippen molar-refractivity contribution in [3.8, 4) is 5.69 Å². The van der Waals surface area contributed by atoms with Crippen LogP contribution in [0.1, 0.15) is 59.1 Å². The van der Waals surface area contributed by atoms with E-state index in [9.17, 15) is 4.79 Å². The van der Waals surface area contributed by atoms with Crippen LogP contribution in [-0.4, -0.2) is 20.7 Å². The van der Waals surface area contributed by atoms with E-state index in [2.05, 4.69) is 77.9 Å². The Morgan fingerprint density at radius 3 is 2.34 bits per heavy atom. The summed E-state index contributed by atoms with van der Waals surface area (Å²) in [4.78, 5) is 12.8. The standard InChI is InChI=1S/C29H32N4OS/c1-3-4-6-9-23-14-16-25(17-15-23)28(34)30-20-27-31-32-29(35-21-24-10-7-5-8-11-24)33(27)26-18-12-22(2)13-19-26/h5,7-8,10-19H,3-4,6,9,20-21H2,1-2H3,(H,30,34). The topological polar surface area (TPSA) is 59.8 Å². The molecule has 5 nitrogen and oxygen atoms in total. The van der Waals surface area contributed by atoms with E-state index in [1.165, 1.54) is 36.0 Å². The van der Waals surface area contributed by atoms with Gasteiger partial charge in [0.05, 0.1) is 6.54 Å². The average Bonchev–Trinajstić information content (AvgIpc) is 3.30. The smallest absolute Gasteiger partial charge is 0.251 e. The Hall–Kier alpha value is -3.38. The van der Waals surface area contributed by atoms with Gasteiger partial charge in [0.25, 0.3) is 5.91 Å². The number of thioether (sulfide) groups is 1. The molecule has 180 valence electrons. The molecule has 35 heavy (non-hydrogen) atoms. The number of nitrogens with one attached hydrogen (secondary N) is 1. The second kappa shape index (κ2) is 12.4. The minimum atomic E-state index is -0.109. The minimum absolute atomic E-state index is 0.109. The molecule has 4 aromatic rings. The van der Waals surface area contributed by atoms with Crippen molar-refractivity contribution in [3.05, 3.63) is 107 Å². The van der Waals surface area contributed by atoms with Crippen LogP contribution >= 0.6 is 11.8 Å². The predicted octanol–water partition coefficient (Wildman–Crippen LogP) is 6.53. The molecule has 0 saturated carbocycles. The number of hydrogen-bond donors (Lipinski definition) is 1. The average molecular weight is 485 g/mol. The van der Waals surface area contributed by atoms with Gasteiger partial charge < -0.3 is 5.32 Å². The molecule has 0 atom stereocenters. The quantitative estimate of drug-likeness (QED) is 0.194. The number of hydrogen-bond acceptors (Lipinski definition) is 4. The summed E-state index contributed by atoms with van der Waals surface area (Å²) in [6.45, 7) is 4.57. The zero-order valence-corrected chi connectivity index (χ0v) is 21.2. The number of carbonyl (C=O) groups is 1. The summed E-state index contributed by atoms with van der Waals surface area (Å²) in [5.74, 6) is 1.39. The molecule has 0 fully saturated rings. The number of aromatic nitrogens is 3. The van der Waals surface area contributed by atoms with Crippen LogP contribution in [0.2, 0.25) is 0 Å². The fraction of sp³-hybridized carbons (Fsp3) is 0.276. The maximum absolute atomic E-state index is 12.8. The molecule has 0 spiro atoms. The lowest BCUT2D eigenvalue weighted by Gasteiger charge is -2.12. The molecular formula is C29H32N4OS. The highest BCUT2D eigenvalue weighted by Crippen LogP contribution is 2.25. The SMILES string of the molecule is CCCCCc1ccc(C(=O)NCc2nnc(SCc3ccccc3)n2-c2ccc(C)cc2)cc1. The summed E-state index contributed by atoms with van der Waals surface area (Å²) in [6.07, 6.45) is 4.68. The van der Waals surface area contributed by atoms with Gasteiger partial charge in [-0.1, -0.05) is 91.7 Å². The number of rotatable bonds is 11. The van der Waals surface area contributed by atoms with Crippen LogP contribution in [0, 0.1) is 6.92 Å². The molecule has 0 radical (unpaired) electrons. The number of carbonyl (C=O) groups excluding carboxylic acids is 1. The first kappa shape index (κ1) is 24.7. The van der Waals surface area contributed by atoms with E-state index in [1.807, 2.05) is 34.9 Å². The van der Waals surface area contributed by atoms with Gasteiger partial charge in [-0.25, -0.2) is 0 Å². The van der Waals surface area contributed by atoms with Gasteiger partial charge in [0.2, 0.25) is 0 Å². The number of amides is 1. The summed E-state index contributed by atoms with van der Waals surface area (Å²) < 4.78 is 2.03. The van der Waals surface area contributed by atoms with Crippen LogP contribution in [0.15, 0.2) is 84.0 Å². The molecule has 0 aliphatic heterocycles. The van der Waals surface area contributed by atoms with Gasteiger partial charge in [-0.3, -0.25) is 9.36 Å². The highest BCUT2D eigenvalue weighted by Gasteiger charge is 2.16. The van der Waals surface area contributed by atoms with E-state index in [4.69, 9.17) is 0 Å². The Labute approximate surface area is 212 Å². The molecule has 0 aliphatic carbocycles. The predicted molar refractivity (Wildman–Crippen MR) is 143 cm³/mol. The van der Waals surface area contributed by atoms with Gasteiger partial charge >= 0.3 is 0 Å². The second-order valence-corrected chi connectivity index (χ2v) is 9.62. The van der Waals surface area contributed by atoms with Gasteiger partial charge in [-0.05, 0) is 55.2 Å². The van der Waals surface area contributed by atoms with E-state index >= 15 is 0 Å². The zero-order valence-electron chi connectivity index (χ0n) is 20.4. The van der Waals surface area contributed by atoms with E-state index in [0.29, 0.717) is 17.9 Å². The molecule has 0 bridgehead atoms. The molecule has 1 heterocycles. The largest absolute Gasteiger partial charge is 0.345 e. The third kappa shape index (κ3) is 6.83. The van der Waals surface area contributed by atoms with Crippen LogP contribution in [0.4, 0.5) is 0 Å². The van der Waals surface area contributed by atoms with Gasteiger partial charge in [0.15, 0.2) is 11.0 Å². The summed E-state index contributed by atoms with van der Waals surface area (Å²) in [5, 5.41) is 12.7. The van der Waals surface area contributed by atoms with Crippen LogP contribution < -0.4 is 5.32 Å². The van der Waals surface area contributed by atoms with Crippen LogP contribution in [0.5, 0.6) is 0 Å². The van der Waals surface area contributed by atoms with Crippen LogP contribution in [0.3, 0.4) is 0 Å². The van der Waals surface area contributed by atoms with Crippen molar-refractivity contribution in [2.45, 2.75) is 57.0 Å². The zero-order chi connectivity index (χ0) is 24.5. The molecule has 1 aromatic heterocycles. The molecule has 3 aromatic carbocycles. The Kier molecular flexibility index (Phi) is 8.74. The van der Waals surface area contributed by atoms with Crippen molar-refractivity contribution < 1.29 is 4.79 Å². The first-order valence-corrected chi connectivity index (χ1v) is 13.2. The summed E-state index contributed by atoms with van der Waals surface area (Å²) >= 11 is 1.64. The molecular weight excluding hydrogens is 452 g/mol. The third-order valence-corrected chi connectivity index (χ3v) is 6.90. The van der Waals surface area contributed by atoms with Gasteiger partial charge in [0, 0.05) is 17.0 Å². The van der Waals surface area contributed by atoms with Crippen molar-refractivity contribution in [1.82, 2.24) is 20.1 Å². The van der Waals surface area contributed by atoms with Crippen LogP contribution in [0.25, 0.3) is 5.69 Å². The first-order valence-electron chi connectivity index (χ1n) is 12.2. The minimum Gasteiger partial charge on any atom is -0.345 e. The second-order valence-electron chi connectivity index (χ2n) is 8.68. The Balaban J connectivity index is 1.47. The molecule has 0 unspecified atom stereocenters. The molecule has 1 amide bonds. The van der Waals surface area contributed by atoms with E-state index in [0.717, 1.165) is 23.0 Å². The lowest BCUT2D eigenvalue weighted by atomic mass is 10.1. The Bertz CT molecular complexity index is 1220. The van der Waals surface area contributed by atoms with Gasteiger partial charge in [0.1, 0.15) is 0 Å². The van der Waals surface area contributed by atoms with Crippen molar-refractivity contribution in [2.24, 2.45) is 0 Å². The summed E-state index contributed by atoms with van der Waals surface area (Å²) in [5.41, 5.74) is 5.33. The van der Waals surface area contributed by atoms with Gasteiger partial charge in [-0.15, -0.1) is 10.2 Å². The highest BCUT2D eigenvalue weighted by molar-refractivity contribution is 7.98. The van der Waals surface area contributed by atoms with E-state index in [-0.39, 0.29) is 5.91 Å². The maximum Gasteiger partial charge on any atom is 0.251 e. The van der Waals surface area contributed by atoms with Crippen LogP contribution in [-0.2, 0) is 18.7 Å². The first-order chi connectivity index (χ1) is 17.1. The monoisotopic (exact) mass is 484 g/mol. The van der Waals surface area contributed by atoms with Crippen molar-refractivity contribution >= 4 is 17.7 Å². The Morgan fingerprint density at radius 1 is 0.886 bits per heavy atom.